The first-order chi connectivity index (χ1) is 4.22. The van der Waals surface area contributed by atoms with E-state index in [1.165, 1.54) is 0 Å². The zero-order chi connectivity index (χ0) is 7.28. The lowest BCUT2D eigenvalue weighted by atomic mass is 10.1. The molecule has 0 heterocycles. The Morgan fingerprint density at radius 1 is 1.78 bits per heavy atom. The number of alkyl halides is 1. The lowest BCUT2D eigenvalue weighted by molar-refractivity contribution is 0.164. The fourth-order valence-electron chi connectivity index (χ4n) is 0.475. The topological polar surface area (TPSA) is 33.0 Å². The van der Waals surface area contributed by atoms with Crippen LogP contribution in [0.25, 0.3) is 0 Å². The lowest BCUT2D eigenvalue weighted by Gasteiger charge is -2.08. The van der Waals surface area contributed by atoms with Crippen molar-refractivity contribution < 1.29 is 4.74 Å². The minimum absolute atomic E-state index is 0.0857. The Balaban J connectivity index is 3.48. The number of nitrogens with zero attached hydrogens (tertiary/aromatic N) is 1. The molecule has 2 unspecified atom stereocenters. The van der Waals surface area contributed by atoms with Gasteiger partial charge in [0.25, 0.3) is 0 Å². The molecule has 2 nitrogen and oxygen atoms in total. The average molecular weight is 192 g/mol. The zero-order valence-electron chi connectivity index (χ0n) is 5.60. The molecule has 3 heteroatoms. The van der Waals surface area contributed by atoms with Crippen molar-refractivity contribution >= 4 is 15.9 Å². The molecular weight excluding hydrogens is 182 g/mol. The van der Waals surface area contributed by atoms with Crippen LogP contribution in [0.5, 0.6) is 0 Å². The molecule has 0 aliphatic heterocycles. The Hall–Kier alpha value is -0.0700. The van der Waals surface area contributed by atoms with Gasteiger partial charge in [-0.15, -0.1) is 0 Å². The molecule has 0 saturated carbocycles. The lowest BCUT2D eigenvalue weighted by Crippen LogP contribution is -2.13. The van der Waals surface area contributed by atoms with Gasteiger partial charge in [0.15, 0.2) is 0 Å². The van der Waals surface area contributed by atoms with Gasteiger partial charge in [-0.1, -0.05) is 22.9 Å². The standard InChI is InChI=1S/C6H10BrNO/c1-5(4-9-2)6(7)3-8/h5-6H,4H2,1-2H3. The first kappa shape index (κ1) is 8.93. The number of hydrogen-bond acceptors (Lipinski definition) is 2. The first-order valence-electron chi connectivity index (χ1n) is 2.75. The Labute approximate surface area is 63.9 Å². The fraction of sp³-hybridized carbons (Fsp3) is 0.833. The molecule has 0 bridgehead atoms. The molecule has 0 radical (unpaired) electrons. The fourth-order valence-corrected chi connectivity index (χ4v) is 0.627. The van der Waals surface area contributed by atoms with Gasteiger partial charge in [-0.25, -0.2) is 0 Å². The summed E-state index contributed by atoms with van der Waals surface area (Å²) in [6.45, 7) is 2.59. The molecule has 0 spiro atoms. The molecule has 9 heavy (non-hydrogen) atoms. The van der Waals surface area contributed by atoms with E-state index in [9.17, 15) is 0 Å². The van der Waals surface area contributed by atoms with Crippen LogP contribution in [-0.2, 0) is 4.74 Å². The van der Waals surface area contributed by atoms with E-state index in [0.29, 0.717) is 6.61 Å². The van der Waals surface area contributed by atoms with Gasteiger partial charge < -0.3 is 4.74 Å². The predicted molar refractivity (Wildman–Crippen MR) is 39.4 cm³/mol. The maximum atomic E-state index is 8.38. The quantitative estimate of drug-likeness (QED) is 0.635. The summed E-state index contributed by atoms with van der Waals surface area (Å²) in [5.41, 5.74) is 0. The van der Waals surface area contributed by atoms with Crippen LogP contribution in [0.1, 0.15) is 6.92 Å². The Bertz CT molecular complexity index is 110. The van der Waals surface area contributed by atoms with Gasteiger partial charge in [-0.2, -0.15) is 5.26 Å². The summed E-state index contributed by atoms with van der Waals surface area (Å²) in [7, 11) is 1.63. The van der Waals surface area contributed by atoms with Crippen molar-refractivity contribution in [1.82, 2.24) is 0 Å². The minimum atomic E-state index is -0.0857. The highest BCUT2D eigenvalue weighted by atomic mass is 79.9. The number of hydrogen-bond donors (Lipinski definition) is 0. The van der Waals surface area contributed by atoms with Crippen LogP contribution in [0.3, 0.4) is 0 Å². The van der Waals surface area contributed by atoms with Gasteiger partial charge >= 0.3 is 0 Å². The monoisotopic (exact) mass is 191 g/mol. The highest BCUT2D eigenvalue weighted by molar-refractivity contribution is 9.09. The molecule has 52 valence electrons. The molecule has 2 atom stereocenters. The summed E-state index contributed by atoms with van der Waals surface area (Å²) in [6.07, 6.45) is 0. The van der Waals surface area contributed by atoms with Crippen molar-refractivity contribution in [1.29, 1.82) is 5.26 Å². The van der Waals surface area contributed by atoms with E-state index in [1.807, 2.05) is 6.92 Å². The molecule has 0 aromatic carbocycles. The summed E-state index contributed by atoms with van der Waals surface area (Å²) in [4.78, 5) is -0.0857. The molecule has 0 rings (SSSR count). The summed E-state index contributed by atoms with van der Waals surface area (Å²) in [5, 5.41) is 8.38. The van der Waals surface area contributed by atoms with E-state index >= 15 is 0 Å². The molecular formula is C6H10BrNO. The highest BCUT2D eigenvalue weighted by Gasteiger charge is 2.11. The van der Waals surface area contributed by atoms with Crippen molar-refractivity contribution in [3.8, 4) is 6.07 Å². The van der Waals surface area contributed by atoms with E-state index in [1.54, 1.807) is 7.11 Å². The number of halogens is 1. The maximum absolute atomic E-state index is 8.38. The van der Waals surface area contributed by atoms with Crippen LogP contribution in [-0.4, -0.2) is 18.5 Å². The van der Waals surface area contributed by atoms with Crippen LogP contribution in [0.4, 0.5) is 0 Å². The molecule has 0 saturated heterocycles. The van der Waals surface area contributed by atoms with Gasteiger partial charge in [0.1, 0.15) is 4.83 Å². The van der Waals surface area contributed by atoms with Crippen molar-refractivity contribution in [3.05, 3.63) is 0 Å². The number of rotatable bonds is 3. The Kier molecular flexibility index (Phi) is 4.74. The largest absolute Gasteiger partial charge is 0.384 e. The summed E-state index contributed by atoms with van der Waals surface area (Å²) >= 11 is 3.20. The summed E-state index contributed by atoms with van der Waals surface area (Å²) in [6, 6.07) is 2.09. The van der Waals surface area contributed by atoms with Crippen LogP contribution in [0.2, 0.25) is 0 Å². The van der Waals surface area contributed by atoms with Crippen molar-refractivity contribution in [2.45, 2.75) is 11.8 Å². The van der Waals surface area contributed by atoms with Crippen molar-refractivity contribution in [3.63, 3.8) is 0 Å². The van der Waals surface area contributed by atoms with Gasteiger partial charge in [0, 0.05) is 13.0 Å². The molecule has 0 aromatic heterocycles. The van der Waals surface area contributed by atoms with E-state index < -0.39 is 0 Å². The third-order valence-electron chi connectivity index (χ3n) is 1.05. The second kappa shape index (κ2) is 4.78. The second-order valence-corrected chi connectivity index (χ2v) is 2.95. The number of ether oxygens (including phenoxy) is 1. The van der Waals surface area contributed by atoms with E-state index in [4.69, 9.17) is 10.00 Å². The van der Waals surface area contributed by atoms with E-state index in [0.717, 1.165) is 0 Å². The van der Waals surface area contributed by atoms with E-state index in [2.05, 4.69) is 22.0 Å². The average Bonchev–Trinajstić information content (AvgIpc) is 1.87. The Morgan fingerprint density at radius 2 is 2.33 bits per heavy atom. The summed E-state index contributed by atoms with van der Waals surface area (Å²) < 4.78 is 4.85. The predicted octanol–water partition coefficient (Wildman–Crippen LogP) is 1.56. The zero-order valence-corrected chi connectivity index (χ0v) is 7.18. The van der Waals surface area contributed by atoms with Gasteiger partial charge in [0.2, 0.25) is 0 Å². The minimum Gasteiger partial charge on any atom is -0.384 e. The van der Waals surface area contributed by atoms with Gasteiger partial charge in [-0.05, 0) is 0 Å². The number of methoxy groups -OCH3 is 1. The molecule has 0 fully saturated rings. The van der Waals surface area contributed by atoms with Crippen molar-refractivity contribution in [2.24, 2.45) is 5.92 Å². The van der Waals surface area contributed by atoms with Gasteiger partial charge in [-0.3, -0.25) is 0 Å². The van der Waals surface area contributed by atoms with Crippen LogP contribution in [0, 0.1) is 17.2 Å². The molecule has 0 N–H and O–H groups in total. The van der Waals surface area contributed by atoms with Crippen molar-refractivity contribution in [2.75, 3.05) is 13.7 Å². The third kappa shape index (κ3) is 3.50. The smallest absolute Gasteiger partial charge is 0.106 e. The third-order valence-corrected chi connectivity index (χ3v) is 2.16. The molecule has 0 aliphatic carbocycles. The SMILES string of the molecule is COCC(C)C(Br)C#N. The first-order valence-corrected chi connectivity index (χ1v) is 3.66. The Morgan fingerprint density at radius 3 is 2.67 bits per heavy atom. The summed E-state index contributed by atoms with van der Waals surface area (Å²) in [5.74, 6) is 0.264. The molecule has 0 aliphatic rings. The van der Waals surface area contributed by atoms with Crippen LogP contribution < -0.4 is 0 Å². The highest BCUT2D eigenvalue weighted by Crippen LogP contribution is 2.10. The van der Waals surface area contributed by atoms with E-state index in [-0.39, 0.29) is 10.7 Å². The molecule has 0 amide bonds. The maximum Gasteiger partial charge on any atom is 0.106 e. The van der Waals surface area contributed by atoms with Crippen LogP contribution in [0.15, 0.2) is 0 Å². The number of nitriles is 1. The normalized spacial score (nSPS) is 16.2. The second-order valence-electron chi connectivity index (χ2n) is 1.96. The molecule has 0 aromatic rings. The van der Waals surface area contributed by atoms with Gasteiger partial charge in [0.05, 0.1) is 12.7 Å². The van der Waals surface area contributed by atoms with Crippen LogP contribution >= 0.6 is 15.9 Å².